The summed E-state index contributed by atoms with van der Waals surface area (Å²) >= 11 is 6.10. The van der Waals surface area contributed by atoms with Gasteiger partial charge in [0.1, 0.15) is 5.75 Å². The van der Waals surface area contributed by atoms with E-state index in [1.807, 2.05) is 12.1 Å². The van der Waals surface area contributed by atoms with Crippen LogP contribution >= 0.6 is 11.6 Å². The number of halogens is 1. The van der Waals surface area contributed by atoms with Crippen molar-refractivity contribution in [3.8, 4) is 5.75 Å². The van der Waals surface area contributed by atoms with Crippen molar-refractivity contribution in [2.24, 2.45) is 0 Å². The number of ether oxygens (including phenoxy) is 1. The van der Waals surface area contributed by atoms with Gasteiger partial charge in [0, 0.05) is 19.0 Å². The van der Waals surface area contributed by atoms with E-state index in [0.29, 0.717) is 23.8 Å². The second-order valence-electron chi connectivity index (χ2n) is 4.94. The molecule has 5 nitrogen and oxygen atoms in total. The van der Waals surface area contributed by atoms with E-state index in [9.17, 15) is 4.79 Å². The van der Waals surface area contributed by atoms with Gasteiger partial charge in [0.05, 0.1) is 30.3 Å². The van der Waals surface area contributed by atoms with Gasteiger partial charge in [-0.1, -0.05) is 23.7 Å². The zero-order valence-electron chi connectivity index (χ0n) is 11.6. The highest BCUT2D eigenvalue weighted by atomic mass is 35.5. The van der Waals surface area contributed by atoms with Crippen molar-refractivity contribution in [2.45, 2.75) is 25.4 Å². The number of fused-ring (bicyclic) bond motifs is 1. The fourth-order valence-corrected chi connectivity index (χ4v) is 2.35. The van der Waals surface area contributed by atoms with Crippen LogP contribution in [0.4, 0.5) is 4.79 Å². The summed E-state index contributed by atoms with van der Waals surface area (Å²) in [6.45, 7) is 2.23. The first kappa shape index (κ1) is 14.9. The maximum atomic E-state index is 12.1. The van der Waals surface area contributed by atoms with Crippen molar-refractivity contribution < 1.29 is 14.6 Å². The number of hydrogen-bond acceptors (Lipinski definition) is 3. The molecule has 0 radical (unpaired) electrons. The Labute approximate surface area is 123 Å². The van der Waals surface area contributed by atoms with Gasteiger partial charge >= 0.3 is 6.03 Å². The molecule has 1 aliphatic heterocycles. The summed E-state index contributed by atoms with van der Waals surface area (Å²) in [5, 5.41) is 12.6. The maximum Gasteiger partial charge on any atom is 0.317 e. The van der Waals surface area contributed by atoms with Gasteiger partial charge in [-0.15, -0.1) is 0 Å². The molecule has 6 heteroatoms. The van der Waals surface area contributed by atoms with Crippen LogP contribution in [0.25, 0.3) is 0 Å². The molecule has 20 heavy (non-hydrogen) atoms. The molecule has 0 fully saturated rings. The average molecular weight is 299 g/mol. The number of nitrogens with zero attached hydrogens (tertiary/aromatic N) is 1. The van der Waals surface area contributed by atoms with Gasteiger partial charge < -0.3 is 20.1 Å². The molecule has 1 aromatic carbocycles. The minimum atomic E-state index is -0.228. The van der Waals surface area contributed by atoms with Crippen LogP contribution in [0.15, 0.2) is 18.2 Å². The number of likely N-dealkylation sites (N-methyl/N-ethyl adjacent to an activating group) is 1. The third-order valence-corrected chi connectivity index (χ3v) is 3.87. The SMILES string of the molecule is CC(CO)N(C)C(=O)NC1CCOc2c(Cl)cccc21. The normalized spacial score (nSPS) is 18.7. The number of hydrogen-bond donors (Lipinski definition) is 2. The molecule has 1 aliphatic rings. The molecule has 2 rings (SSSR count). The van der Waals surface area contributed by atoms with Crippen LogP contribution in [-0.4, -0.2) is 42.3 Å². The Hall–Kier alpha value is -1.46. The zero-order valence-corrected chi connectivity index (χ0v) is 12.4. The number of rotatable bonds is 3. The first-order valence-electron chi connectivity index (χ1n) is 6.60. The van der Waals surface area contributed by atoms with E-state index < -0.39 is 0 Å². The van der Waals surface area contributed by atoms with Crippen molar-refractivity contribution >= 4 is 17.6 Å². The van der Waals surface area contributed by atoms with Crippen molar-refractivity contribution in [1.82, 2.24) is 10.2 Å². The fraction of sp³-hybridized carbons (Fsp3) is 0.500. The zero-order chi connectivity index (χ0) is 14.7. The summed E-state index contributed by atoms with van der Waals surface area (Å²) in [4.78, 5) is 13.6. The van der Waals surface area contributed by atoms with Gasteiger partial charge in [0.15, 0.2) is 0 Å². The van der Waals surface area contributed by atoms with E-state index in [2.05, 4.69) is 5.32 Å². The number of para-hydroxylation sites is 1. The van der Waals surface area contributed by atoms with E-state index in [0.717, 1.165) is 5.56 Å². The number of carbonyl (C=O) groups is 1. The number of amides is 2. The monoisotopic (exact) mass is 298 g/mol. The summed E-state index contributed by atoms with van der Waals surface area (Å²) < 4.78 is 5.56. The topological polar surface area (TPSA) is 61.8 Å². The highest BCUT2D eigenvalue weighted by molar-refractivity contribution is 6.32. The first-order valence-corrected chi connectivity index (χ1v) is 6.97. The lowest BCUT2D eigenvalue weighted by Crippen LogP contribution is -2.45. The van der Waals surface area contributed by atoms with Crippen LogP contribution in [0.2, 0.25) is 5.02 Å². The van der Waals surface area contributed by atoms with Crippen molar-refractivity contribution in [1.29, 1.82) is 0 Å². The van der Waals surface area contributed by atoms with E-state index in [-0.39, 0.29) is 24.7 Å². The molecule has 1 aromatic rings. The molecule has 110 valence electrons. The molecule has 2 amide bonds. The Kier molecular flexibility index (Phi) is 4.73. The quantitative estimate of drug-likeness (QED) is 0.899. The Balaban J connectivity index is 2.13. The molecule has 0 aliphatic carbocycles. The van der Waals surface area contributed by atoms with Gasteiger partial charge in [-0.25, -0.2) is 4.79 Å². The van der Waals surface area contributed by atoms with Crippen molar-refractivity contribution in [3.05, 3.63) is 28.8 Å². The molecule has 2 atom stereocenters. The van der Waals surface area contributed by atoms with Crippen LogP contribution in [0.3, 0.4) is 0 Å². The van der Waals surface area contributed by atoms with Crippen molar-refractivity contribution in [2.75, 3.05) is 20.3 Å². The maximum absolute atomic E-state index is 12.1. The summed E-state index contributed by atoms with van der Waals surface area (Å²) in [5.74, 6) is 0.642. The van der Waals surface area contributed by atoms with Gasteiger partial charge in [0.25, 0.3) is 0 Å². The van der Waals surface area contributed by atoms with Crippen LogP contribution in [0, 0.1) is 0 Å². The highest BCUT2D eigenvalue weighted by Crippen LogP contribution is 2.37. The van der Waals surface area contributed by atoms with Gasteiger partial charge in [-0.05, 0) is 13.0 Å². The Bertz CT molecular complexity index is 495. The van der Waals surface area contributed by atoms with E-state index in [1.165, 1.54) is 4.90 Å². The second-order valence-corrected chi connectivity index (χ2v) is 5.35. The molecular formula is C14H19ClN2O3. The van der Waals surface area contributed by atoms with Gasteiger partial charge in [-0.2, -0.15) is 0 Å². The van der Waals surface area contributed by atoms with Crippen LogP contribution in [0.5, 0.6) is 5.75 Å². The molecule has 0 spiro atoms. The Morgan fingerprint density at radius 3 is 3.10 bits per heavy atom. The molecule has 0 bridgehead atoms. The largest absolute Gasteiger partial charge is 0.492 e. The third kappa shape index (κ3) is 2.99. The third-order valence-electron chi connectivity index (χ3n) is 3.57. The minimum Gasteiger partial charge on any atom is -0.492 e. The van der Waals surface area contributed by atoms with E-state index in [4.69, 9.17) is 21.4 Å². The van der Waals surface area contributed by atoms with E-state index >= 15 is 0 Å². The predicted octanol–water partition coefficient (Wildman–Crippen LogP) is 2.19. The molecule has 0 saturated carbocycles. The second kappa shape index (κ2) is 6.33. The van der Waals surface area contributed by atoms with Crippen LogP contribution in [-0.2, 0) is 0 Å². The molecular weight excluding hydrogens is 280 g/mol. The lowest BCUT2D eigenvalue weighted by Gasteiger charge is -2.30. The first-order chi connectivity index (χ1) is 9.54. The molecule has 0 aromatic heterocycles. The minimum absolute atomic E-state index is 0.0693. The van der Waals surface area contributed by atoms with Gasteiger partial charge in [0.2, 0.25) is 0 Å². The summed E-state index contributed by atoms with van der Waals surface area (Å²) in [5.41, 5.74) is 0.891. The van der Waals surface area contributed by atoms with Crippen molar-refractivity contribution in [3.63, 3.8) is 0 Å². The number of urea groups is 1. The van der Waals surface area contributed by atoms with Gasteiger partial charge in [-0.3, -0.25) is 0 Å². The summed E-state index contributed by atoms with van der Waals surface area (Å²) in [7, 11) is 1.66. The summed E-state index contributed by atoms with van der Waals surface area (Å²) in [6.07, 6.45) is 0.695. The van der Waals surface area contributed by atoms with Crippen LogP contribution in [0.1, 0.15) is 24.9 Å². The molecule has 0 saturated heterocycles. The fourth-order valence-electron chi connectivity index (χ4n) is 2.11. The predicted molar refractivity (Wildman–Crippen MR) is 77.1 cm³/mol. The lowest BCUT2D eigenvalue weighted by molar-refractivity contribution is 0.151. The lowest BCUT2D eigenvalue weighted by atomic mass is 10.0. The number of nitrogens with one attached hydrogen (secondary N) is 1. The standard InChI is InChI=1S/C14H19ClN2O3/c1-9(8-18)17(2)14(19)16-12-6-7-20-13-10(12)4-3-5-11(13)15/h3-5,9,12,18H,6-8H2,1-2H3,(H,16,19). The highest BCUT2D eigenvalue weighted by Gasteiger charge is 2.26. The number of carbonyl (C=O) groups excluding carboxylic acids is 1. The summed E-state index contributed by atoms with van der Waals surface area (Å²) in [6, 6.07) is 4.94. The number of aliphatic hydroxyl groups is 1. The molecule has 2 N–H and O–H groups in total. The smallest absolute Gasteiger partial charge is 0.317 e. The average Bonchev–Trinajstić information content (AvgIpc) is 2.46. The Morgan fingerprint density at radius 1 is 1.65 bits per heavy atom. The molecule has 1 heterocycles. The Morgan fingerprint density at radius 2 is 2.40 bits per heavy atom. The number of aliphatic hydroxyl groups excluding tert-OH is 1. The van der Waals surface area contributed by atoms with Crippen LogP contribution < -0.4 is 10.1 Å². The molecule has 2 unspecified atom stereocenters. The number of benzene rings is 1. The van der Waals surface area contributed by atoms with E-state index in [1.54, 1.807) is 20.0 Å².